The van der Waals surface area contributed by atoms with Gasteiger partial charge in [0.15, 0.2) is 81.4 Å². The molecule has 5 aromatic carbocycles. The molecule has 0 unspecified atom stereocenters. The van der Waals surface area contributed by atoms with Gasteiger partial charge in [0.25, 0.3) is 6.71 Å². The molecule has 0 saturated carbocycles. The second-order valence-corrected chi connectivity index (χ2v) is 10.9. The molecule has 0 heterocycles. The Morgan fingerprint density at radius 3 is 1.04 bits per heavy atom. The summed E-state index contributed by atoms with van der Waals surface area (Å²) < 4.78 is 272. The fraction of sp³-hybridized carbons (Fsp3) is 0.0588. The van der Waals surface area contributed by atoms with Crippen molar-refractivity contribution in [2.24, 2.45) is 0 Å². The lowest BCUT2D eigenvalue weighted by Gasteiger charge is -2.27. The van der Waals surface area contributed by atoms with E-state index >= 15 is 26.3 Å². The van der Waals surface area contributed by atoms with Crippen molar-refractivity contribution in [2.45, 2.75) is 6.18 Å². The van der Waals surface area contributed by atoms with Gasteiger partial charge in [-0.3, -0.25) is 0 Å². The molecule has 0 aliphatic heterocycles. The van der Waals surface area contributed by atoms with Crippen molar-refractivity contribution in [2.75, 3.05) is 7.11 Å². The number of rotatable bonds is 7. The first-order valence-electron chi connectivity index (χ1n) is 14.3. The molecule has 0 atom stereocenters. The normalized spacial score (nSPS) is 12.3. The molecule has 0 aliphatic carbocycles. The molecule has 0 N–H and O–H groups in total. The number of hydrogen-bond donors (Lipinski definition) is 0. The summed E-state index contributed by atoms with van der Waals surface area (Å²) >= 11 is 0. The zero-order valence-electron chi connectivity index (χ0n) is 25.9. The Morgan fingerprint density at radius 2 is 0.722 bits per heavy atom. The molecule has 0 aromatic heterocycles. The summed E-state index contributed by atoms with van der Waals surface area (Å²) in [6, 6.07) is 4.47. The van der Waals surface area contributed by atoms with Crippen LogP contribution in [0.25, 0.3) is 11.0 Å². The van der Waals surface area contributed by atoms with Crippen LogP contribution in [0.2, 0.25) is 0 Å². The Bertz CT molecular complexity index is 2200. The first-order valence-corrected chi connectivity index (χ1v) is 14.3. The summed E-state index contributed by atoms with van der Waals surface area (Å²) in [5.74, 6) is -45.8. The van der Waals surface area contributed by atoms with Crippen LogP contribution >= 0.6 is 0 Å². The van der Waals surface area contributed by atoms with Gasteiger partial charge in [-0.25, -0.2) is 65.9 Å². The largest absolute Gasteiger partial charge is 0.497 e. The van der Waals surface area contributed by atoms with E-state index in [0.717, 1.165) is 31.4 Å². The van der Waals surface area contributed by atoms with E-state index < -0.39 is 144 Å². The van der Waals surface area contributed by atoms with Gasteiger partial charge in [-0.05, 0) is 46.4 Å². The average Bonchev–Trinajstić information content (AvgIpc) is 3.15. The van der Waals surface area contributed by atoms with Crippen LogP contribution in [0.3, 0.4) is 0 Å². The number of alkyl halides is 3. The highest BCUT2D eigenvalue weighted by molar-refractivity contribution is 7.01. The molecule has 0 saturated heterocycles. The van der Waals surface area contributed by atoms with Crippen LogP contribution in [0.1, 0.15) is 22.3 Å². The van der Waals surface area contributed by atoms with Gasteiger partial charge < -0.3 is 4.74 Å². The van der Waals surface area contributed by atoms with E-state index in [2.05, 4.69) is 0 Å². The smallest absolute Gasteiger partial charge is 0.416 e. The van der Waals surface area contributed by atoms with Gasteiger partial charge in [0, 0.05) is 16.5 Å². The third-order valence-electron chi connectivity index (χ3n) is 7.98. The van der Waals surface area contributed by atoms with E-state index in [0.29, 0.717) is 12.1 Å². The zero-order valence-corrected chi connectivity index (χ0v) is 25.9. The van der Waals surface area contributed by atoms with Crippen molar-refractivity contribution in [1.29, 1.82) is 0 Å². The summed E-state index contributed by atoms with van der Waals surface area (Å²) in [5.41, 5.74) is -14.6. The molecule has 0 aliphatic rings. The van der Waals surface area contributed by atoms with Crippen LogP contribution < -0.4 is 15.7 Å². The van der Waals surface area contributed by atoms with Crippen LogP contribution in [0.4, 0.5) is 79.0 Å². The molecule has 0 radical (unpaired) electrons. The summed E-state index contributed by atoms with van der Waals surface area (Å²) in [7, 11) is 1.06. The van der Waals surface area contributed by atoms with E-state index in [-0.39, 0.29) is 17.9 Å². The Labute approximate surface area is 289 Å². The predicted octanol–water partition coefficient (Wildman–Crippen LogP) is 9.61. The van der Waals surface area contributed by atoms with Crippen molar-refractivity contribution < 1.29 is 83.8 Å². The Morgan fingerprint density at radius 1 is 0.426 bits per heavy atom. The first kappa shape index (κ1) is 39.6. The molecule has 54 heavy (non-hydrogen) atoms. The molecule has 1 nitrogen and oxygen atoms in total. The highest BCUT2D eigenvalue weighted by atomic mass is 19.4. The monoisotopic (exact) mass is 788 g/mol. The second-order valence-electron chi connectivity index (χ2n) is 10.9. The molecule has 0 bridgehead atoms. The molecule has 0 amide bonds. The van der Waals surface area contributed by atoms with Crippen LogP contribution in [0.15, 0.2) is 48.5 Å². The summed E-state index contributed by atoms with van der Waals surface area (Å²) in [4.78, 5) is 0. The molecular formula is C34H11BF18O. The molecule has 0 spiro atoms. The third-order valence-corrected chi connectivity index (χ3v) is 7.98. The lowest BCUT2D eigenvalue weighted by atomic mass is 9.33. The SMILES string of the molecule is COc1ccc(/C(=C(/B(c2c(F)c(F)c(F)c(F)c2F)c2c(F)c(F)c(F)c(F)c2F)c2c(F)c(F)c(F)c(F)c2F)c2ccc(C(F)(F)F)cc2)cc1. The molecule has 5 aromatic rings. The van der Waals surface area contributed by atoms with Gasteiger partial charge in [0.1, 0.15) is 5.75 Å². The van der Waals surface area contributed by atoms with Crippen LogP contribution in [0, 0.1) is 87.3 Å². The fourth-order valence-electron chi connectivity index (χ4n) is 5.50. The molecule has 20 heteroatoms. The minimum atomic E-state index is -5.15. The third kappa shape index (κ3) is 6.40. The maximum atomic E-state index is 15.9. The lowest BCUT2D eigenvalue weighted by molar-refractivity contribution is -0.137. The lowest BCUT2D eigenvalue weighted by Crippen LogP contribution is -2.52. The van der Waals surface area contributed by atoms with Gasteiger partial charge in [-0.2, -0.15) is 13.2 Å². The number of methoxy groups -OCH3 is 1. The average molecular weight is 788 g/mol. The van der Waals surface area contributed by atoms with Crippen molar-refractivity contribution in [3.63, 3.8) is 0 Å². The van der Waals surface area contributed by atoms with E-state index in [1.54, 1.807) is 0 Å². The fourth-order valence-corrected chi connectivity index (χ4v) is 5.50. The van der Waals surface area contributed by atoms with Crippen molar-refractivity contribution in [1.82, 2.24) is 0 Å². The van der Waals surface area contributed by atoms with Crippen LogP contribution in [-0.4, -0.2) is 13.8 Å². The molecular weight excluding hydrogens is 777 g/mol. The van der Waals surface area contributed by atoms with Crippen molar-refractivity contribution >= 4 is 28.7 Å². The minimum absolute atomic E-state index is 0.126. The standard InChI is InChI=1S/C34H11BF18O/c1-54-13-8-4-11(5-9-13)14(10-2-6-12(7-3-10)34(51,52)53)16(15-19(36)25(42)31(48)26(43)20(15)37)35(17-21(38)27(44)32(49)28(45)22(17)39)18-23(40)29(46)33(50)30(47)24(18)41/h2-9H,1H3/b16-14+. The van der Waals surface area contributed by atoms with E-state index in [4.69, 9.17) is 4.74 Å². The van der Waals surface area contributed by atoms with E-state index in [1.165, 1.54) is 0 Å². The van der Waals surface area contributed by atoms with Crippen LogP contribution in [-0.2, 0) is 6.18 Å². The first-order chi connectivity index (χ1) is 25.2. The summed E-state index contributed by atoms with van der Waals surface area (Å²) in [6.07, 6.45) is -5.15. The van der Waals surface area contributed by atoms with Crippen molar-refractivity contribution in [3.05, 3.63) is 158 Å². The van der Waals surface area contributed by atoms with Crippen LogP contribution in [0.5, 0.6) is 5.75 Å². The number of benzene rings is 5. The number of hydrogen-bond acceptors (Lipinski definition) is 1. The highest BCUT2D eigenvalue weighted by Crippen LogP contribution is 2.41. The van der Waals surface area contributed by atoms with Crippen molar-refractivity contribution in [3.8, 4) is 5.75 Å². The topological polar surface area (TPSA) is 9.23 Å². The highest BCUT2D eigenvalue weighted by Gasteiger charge is 2.46. The van der Waals surface area contributed by atoms with Gasteiger partial charge in [0.2, 0.25) is 5.82 Å². The quantitative estimate of drug-likeness (QED) is 0.0525. The Kier molecular flexibility index (Phi) is 10.5. The number of ether oxygens (including phenoxy) is 1. The van der Waals surface area contributed by atoms with Gasteiger partial charge in [0.05, 0.1) is 12.7 Å². The van der Waals surface area contributed by atoms with E-state index in [1.807, 2.05) is 0 Å². The molecule has 282 valence electrons. The Hall–Kier alpha value is -5.56. The number of halogens is 18. The van der Waals surface area contributed by atoms with Gasteiger partial charge in [-0.1, -0.05) is 24.3 Å². The molecule has 0 fully saturated rings. The molecule has 5 rings (SSSR count). The maximum Gasteiger partial charge on any atom is 0.416 e. The maximum absolute atomic E-state index is 15.9. The van der Waals surface area contributed by atoms with Gasteiger partial charge in [-0.15, -0.1) is 0 Å². The van der Waals surface area contributed by atoms with Gasteiger partial charge >= 0.3 is 6.18 Å². The zero-order chi connectivity index (χ0) is 40.3. The predicted molar refractivity (Wildman–Crippen MR) is 154 cm³/mol. The second kappa shape index (κ2) is 14.4. The summed E-state index contributed by atoms with van der Waals surface area (Å²) in [5, 5.41) is 0. The summed E-state index contributed by atoms with van der Waals surface area (Å²) in [6.45, 7) is -3.99. The minimum Gasteiger partial charge on any atom is -0.497 e. The Balaban J connectivity index is 2.22. The van der Waals surface area contributed by atoms with E-state index in [9.17, 15) is 52.7 Å².